The molecule has 2 aliphatic rings. The predicted molar refractivity (Wildman–Crippen MR) is 79.1 cm³/mol. The highest BCUT2D eigenvalue weighted by atomic mass is 79.9. The summed E-state index contributed by atoms with van der Waals surface area (Å²) in [6, 6.07) is 2.43. The van der Waals surface area contributed by atoms with Crippen LogP contribution in [0.15, 0.2) is 16.7 Å². The highest BCUT2D eigenvalue weighted by molar-refractivity contribution is 9.10. The molecule has 0 radical (unpaired) electrons. The predicted octanol–water partition coefficient (Wildman–Crippen LogP) is 3.58. The molecule has 3 nitrogen and oxygen atoms in total. The number of aryl methyl sites for hydroxylation is 1. The average Bonchev–Trinajstić information content (AvgIpc) is 2.76. The van der Waals surface area contributed by atoms with Crippen molar-refractivity contribution in [3.8, 4) is 0 Å². The zero-order valence-corrected chi connectivity index (χ0v) is 13.0. The van der Waals surface area contributed by atoms with Crippen LogP contribution in [0.2, 0.25) is 0 Å². The Morgan fingerprint density at radius 2 is 2.00 bits per heavy atom. The van der Waals surface area contributed by atoms with E-state index in [0.717, 1.165) is 22.6 Å². The van der Waals surface area contributed by atoms with Crippen molar-refractivity contribution >= 4 is 21.8 Å². The van der Waals surface area contributed by atoms with E-state index in [9.17, 15) is 4.79 Å². The number of amides is 1. The number of piperidine rings is 1. The number of nitrogens with zero attached hydrogens (tertiary/aromatic N) is 2. The molecule has 104 valence electrons. The van der Waals surface area contributed by atoms with E-state index >= 15 is 0 Å². The molecule has 4 heteroatoms. The first-order valence-corrected chi connectivity index (χ1v) is 8.09. The van der Waals surface area contributed by atoms with Crippen LogP contribution in [0.3, 0.4) is 0 Å². The largest absolute Gasteiger partial charge is 0.345 e. The van der Waals surface area contributed by atoms with E-state index in [0.29, 0.717) is 6.04 Å². The van der Waals surface area contributed by atoms with Crippen molar-refractivity contribution in [1.82, 2.24) is 9.47 Å². The summed E-state index contributed by atoms with van der Waals surface area (Å²) in [6.07, 6.45) is 9.56. The second kappa shape index (κ2) is 5.31. The standard InChI is InChI=1S/C15H21BrN2O/c1-17-10-12(16)9-14(17)15(19)18-8-4-6-11-5-2-3-7-13(11)18/h9-11,13H,2-8H2,1H3. The number of aromatic nitrogens is 1. The van der Waals surface area contributed by atoms with Crippen molar-refractivity contribution in [2.75, 3.05) is 6.54 Å². The lowest BCUT2D eigenvalue weighted by Crippen LogP contribution is -2.50. The number of hydrogen-bond acceptors (Lipinski definition) is 1. The van der Waals surface area contributed by atoms with Gasteiger partial charge in [0.1, 0.15) is 5.69 Å². The van der Waals surface area contributed by atoms with Gasteiger partial charge in [-0.1, -0.05) is 12.8 Å². The van der Waals surface area contributed by atoms with Crippen LogP contribution in [0.1, 0.15) is 49.0 Å². The Labute approximate surface area is 123 Å². The van der Waals surface area contributed by atoms with E-state index < -0.39 is 0 Å². The van der Waals surface area contributed by atoms with Crippen molar-refractivity contribution in [3.63, 3.8) is 0 Å². The van der Waals surface area contributed by atoms with E-state index in [1.807, 2.05) is 23.9 Å². The Hall–Kier alpha value is -0.770. The van der Waals surface area contributed by atoms with Crippen molar-refractivity contribution in [2.24, 2.45) is 13.0 Å². The normalized spacial score (nSPS) is 27.2. The van der Waals surface area contributed by atoms with Crippen LogP contribution in [-0.4, -0.2) is 28.0 Å². The third-order valence-electron chi connectivity index (χ3n) is 4.69. The second-order valence-electron chi connectivity index (χ2n) is 5.91. The molecule has 0 spiro atoms. The van der Waals surface area contributed by atoms with Gasteiger partial charge in [0.25, 0.3) is 5.91 Å². The molecule has 2 heterocycles. The Kier molecular flexibility index (Phi) is 3.70. The minimum atomic E-state index is 0.213. The first kappa shape index (κ1) is 13.2. The summed E-state index contributed by atoms with van der Waals surface area (Å²) in [6.45, 7) is 0.933. The molecule has 1 aromatic heterocycles. The van der Waals surface area contributed by atoms with Gasteiger partial charge >= 0.3 is 0 Å². The van der Waals surface area contributed by atoms with Crippen molar-refractivity contribution in [2.45, 2.75) is 44.6 Å². The molecule has 19 heavy (non-hydrogen) atoms. The molecule has 0 bridgehead atoms. The fourth-order valence-corrected chi connectivity index (χ4v) is 4.28. The third kappa shape index (κ3) is 2.47. The molecule has 1 saturated heterocycles. The lowest BCUT2D eigenvalue weighted by Gasteiger charge is -2.44. The van der Waals surface area contributed by atoms with E-state index in [-0.39, 0.29) is 5.91 Å². The maximum atomic E-state index is 12.8. The van der Waals surface area contributed by atoms with Crippen LogP contribution in [-0.2, 0) is 7.05 Å². The van der Waals surface area contributed by atoms with Gasteiger partial charge < -0.3 is 9.47 Å². The second-order valence-corrected chi connectivity index (χ2v) is 6.82. The number of likely N-dealkylation sites (tertiary alicyclic amines) is 1. The van der Waals surface area contributed by atoms with Gasteiger partial charge in [0.2, 0.25) is 0 Å². The van der Waals surface area contributed by atoms with Gasteiger partial charge in [-0.15, -0.1) is 0 Å². The van der Waals surface area contributed by atoms with Gasteiger partial charge in [-0.25, -0.2) is 0 Å². The highest BCUT2D eigenvalue weighted by Crippen LogP contribution is 2.36. The van der Waals surface area contributed by atoms with Gasteiger partial charge in [-0.2, -0.15) is 0 Å². The monoisotopic (exact) mass is 324 g/mol. The quantitative estimate of drug-likeness (QED) is 0.775. The molecule has 2 atom stereocenters. The number of halogens is 1. The maximum Gasteiger partial charge on any atom is 0.270 e. The topological polar surface area (TPSA) is 25.2 Å². The fourth-order valence-electron chi connectivity index (χ4n) is 3.76. The van der Waals surface area contributed by atoms with Gasteiger partial charge in [0.05, 0.1) is 0 Å². The minimum Gasteiger partial charge on any atom is -0.345 e. The van der Waals surface area contributed by atoms with Crippen LogP contribution in [0.25, 0.3) is 0 Å². The minimum absolute atomic E-state index is 0.213. The third-order valence-corrected chi connectivity index (χ3v) is 5.13. The molecular formula is C15H21BrN2O. The van der Waals surface area contributed by atoms with Crippen LogP contribution >= 0.6 is 15.9 Å². The molecule has 1 aromatic rings. The van der Waals surface area contributed by atoms with Crippen molar-refractivity contribution < 1.29 is 4.79 Å². The average molecular weight is 325 g/mol. The molecular weight excluding hydrogens is 304 g/mol. The highest BCUT2D eigenvalue weighted by Gasteiger charge is 2.36. The molecule has 2 fully saturated rings. The molecule has 1 aliphatic heterocycles. The number of carbonyl (C=O) groups is 1. The zero-order valence-electron chi connectivity index (χ0n) is 11.4. The SMILES string of the molecule is Cn1cc(Br)cc1C(=O)N1CCCC2CCCCC21. The summed E-state index contributed by atoms with van der Waals surface area (Å²) in [7, 11) is 1.94. The summed E-state index contributed by atoms with van der Waals surface area (Å²) in [5.74, 6) is 0.958. The van der Waals surface area contributed by atoms with Crippen LogP contribution in [0, 0.1) is 5.92 Å². The molecule has 1 aliphatic carbocycles. The maximum absolute atomic E-state index is 12.8. The molecule has 0 N–H and O–H groups in total. The molecule has 1 saturated carbocycles. The van der Waals surface area contributed by atoms with Crippen molar-refractivity contribution in [1.29, 1.82) is 0 Å². The Morgan fingerprint density at radius 1 is 1.26 bits per heavy atom. The van der Waals surface area contributed by atoms with E-state index in [4.69, 9.17) is 0 Å². The zero-order chi connectivity index (χ0) is 13.4. The number of fused-ring (bicyclic) bond motifs is 1. The van der Waals surface area contributed by atoms with E-state index in [1.165, 1.54) is 38.5 Å². The van der Waals surface area contributed by atoms with Gasteiger partial charge in [-0.05, 0) is 53.6 Å². The molecule has 0 aromatic carbocycles. The molecule has 1 amide bonds. The molecule has 3 rings (SSSR count). The van der Waals surface area contributed by atoms with Gasteiger partial charge in [0, 0.05) is 30.3 Å². The number of rotatable bonds is 1. The first-order valence-electron chi connectivity index (χ1n) is 7.29. The number of hydrogen-bond donors (Lipinski definition) is 0. The smallest absolute Gasteiger partial charge is 0.270 e. The van der Waals surface area contributed by atoms with E-state index in [1.54, 1.807) is 0 Å². The van der Waals surface area contributed by atoms with Crippen LogP contribution < -0.4 is 0 Å². The van der Waals surface area contributed by atoms with E-state index in [2.05, 4.69) is 20.8 Å². The Balaban J connectivity index is 1.83. The van der Waals surface area contributed by atoms with Crippen LogP contribution in [0.4, 0.5) is 0 Å². The first-order chi connectivity index (χ1) is 9.16. The summed E-state index contributed by atoms with van der Waals surface area (Å²) in [5.41, 5.74) is 0.804. The Bertz CT molecular complexity index is 480. The van der Waals surface area contributed by atoms with Crippen LogP contribution in [0.5, 0.6) is 0 Å². The lowest BCUT2D eigenvalue weighted by molar-refractivity contribution is 0.0382. The Morgan fingerprint density at radius 3 is 2.74 bits per heavy atom. The molecule has 2 unspecified atom stereocenters. The summed E-state index contributed by atoms with van der Waals surface area (Å²) < 4.78 is 2.91. The lowest BCUT2D eigenvalue weighted by atomic mass is 9.78. The number of carbonyl (C=O) groups excluding carboxylic acids is 1. The van der Waals surface area contributed by atoms with Crippen molar-refractivity contribution in [3.05, 3.63) is 22.4 Å². The fraction of sp³-hybridized carbons (Fsp3) is 0.667. The van der Waals surface area contributed by atoms with Gasteiger partial charge in [0.15, 0.2) is 0 Å². The summed E-state index contributed by atoms with van der Waals surface area (Å²) in [4.78, 5) is 14.9. The van der Waals surface area contributed by atoms with Gasteiger partial charge in [-0.3, -0.25) is 4.79 Å². The summed E-state index contributed by atoms with van der Waals surface area (Å²) in [5, 5.41) is 0. The summed E-state index contributed by atoms with van der Waals surface area (Å²) >= 11 is 3.45.